The van der Waals surface area contributed by atoms with Crippen LogP contribution in [0, 0.1) is 5.92 Å². The van der Waals surface area contributed by atoms with Gasteiger partial charge in [0.05, 0.1) is 20.1 Å². The Morgan fingerprint density at radius 3 is 2.92 bits per heavy atom. The number of aromatic nitrogens is 3. The Kier molecular flexibility index (Phi) is 4.07. The van der Waals surface area contributed by atoms with E-state index in [1.54, 1.807) is 21.3 Å². The van der Waals surface area contributed by atoms with Crippen LogP contribution in [-0.4, -0.2) is 38.8 Å². The quantitative estimate of drug-likeness (QED) is 0.814. The number of hydrogen-bond acceptors (Lipinski definition) is 4. The van der Waals surface area contributed by atoms with Crippen molar-refractivity contribution in [3.05, 3.63) is 46.1 Å². The number of carbonyl (C=O) groups excluding carboxylic acids is 1. The lowest BCUT2D eigenvalue weighted by molar-refractivity contribution is -0.132. The summed E-state index contributed by atoms with van der Waals surface area (Å²) in [5.41, 5.74) is 0.883. The van der Waals surface area contributed by atoms with Gasteiger partial charge in [0.15, 0.2) is 5.82 Å². The summed E-state index contributed by atoms with van der Waals surface area (Å²) in [5, 5.41) is 4.45. The van der Waals surface area contributed by atoms with E-state index in [1.807, 2.05) is 24.3 Å². The number of amides is 1. The lowest BCUT2D eigenvalue weighted by Gasteiger charge is -2.26. The van der Waals surface area contributed by atoms with Crippen LogP contribution in [0.15, 0.2) is 29.1 Å². The average molecular weight is 342 g/mol. The summed E-state index contributed by atoms with van der Waals surface area (Å²) in [6, 6.07) is 7.54. The summed E-state index contributed by atoms with van der Waals surface area (Å²) in [4.78, 5) is 26.8. The van der Waals surface area contributed by atoms with E-state index < -0.39 is 0 Å². The topological polar surface area (TPSA) is 69.4 Å². The highest BCUT2D eigenvalue weighted by Crippen LogP contribution is 2.30. The fraction of sp³-hybridized carbons (Fsp3) is 0.500. The second-order valence-electron chi connectivity index (χ2n) is 6.82. The molecule has 0 radical (unpaired) electrons. The molecule has 7 heteroatoms. The van der Waals surface area contributed by atoms with E-state index in [-0.39, 0.29) is 11.6 Å². The Balaban J connectivity index is 1.46. The van der Waals surface area contributed by atoms with Crippen LogP contribution in [0.3, 0.4) is 0 Å². The number of hydrogen-bond donors (Lipinski definition) is 0. The number of fused-ring (bicyclic) bond motifs is 1. The molecule has 2 aromatic rings. The molecule has 1 saturated carbocycles. The molecule has 2 aliphatic rings. The van der Waals surface area contributed by atoms with Crippen molar-refractivity contribution >= 4 is 5.91 Å². The van der Waals surface area contributed by atoms with E-state index in [1.165, 1.54) is 12.8 Å². The normalized spacial score (nSPS) is 16.6. The third-order valence-corrected chi connectivity index (χ3v) is 4.90. The van der Waals surface area contributed by atoms with E-state index in [4.69, 9.17) is 4.74 Å². The summed E-state index contributed by atoms with van der Waals surface area (Å²) in [6.07, 6.45) is 2.68. The number of rotatable bonds is 5. The molecule has 0 spiro atoms. The maximum absolute atomic E-state index is 12.6. The van der Waals surface area contributed by atoms with Crippen molar-refractivity contribution in [1.29, 1.82) is 0 Å². The summed E-state index contributed by atoms with van der Waals surface area (Å²) in [5.74, 6) is 2.08. The minimum Gasteiger partial charge on any atom is -0.497 e. The van der Waals surface area contributed by atoms with Crippen LogP contribution in [0.5, 0.6) is 5.75 Å². The first-order valence-electron chi connectivity index (χ1n) is 8.71. The summed E-state index contributed by atoms with van der Waals surface area (Å²) in [7, 11) is 1.61. The van der Waals surface area contributed by atoms with Crippen LogP contribution in [0.25, 0.3) is 0 Å². The SMILES string of the molecule is COc1cccc(CC(=O)N2CCn3c(nn(CC4CC4)c3=O)C2)c1. The second kappa shape index (κ2) is 6.38. The Hall–Kier alpha value is -2.57. The fourth-order valence-electron chi connectivity index (χ4n) is 3.24. The van der Waals surface area contributed by atoms with Crippen molar-refractivity contribution in [2.75, 3.05) is 13.7 Å². The predicted molar refractivity (Wildman–Crippen MR) is 91.3 cm³/mol. The molecule has 0 atom stereocenters. The molecule has 0 unspecified atom stereocenters. The smallest absolute Gasteiger partial charge is 0.346 e. The van der Waals surface area contributed by atoms with Gasteiger partial charge in [-0.25, -0.2) is 9.48 Å². The number of methoxy groups -OCH3 is 1. The lowest BCUT2D eigenvalue weighted by Crippen LogP contribution is -2.41. The monoisotopic (exact) mass is 342 g/mol. The van der Waals surface area contributed by atoms with Gasteiger partial charge in [-0.1, -0.05) is 12.1 Å². The third kappa shape index (κ3) is 3.31. The molecular weight excluding hydrogens is 320 g/mol. The Morgan fingerprint density at radius 2 is 2.16 bits per heavy atom. The van der Waals surface area contributed by atoms with Gasteiger partial charge < -0.3 is 9.64 Å². The van der Waals surface area contributed by atoms with E-state index >= 15 is 0 Å². The lowest BCUT2D eigenvalue weighted by atomic mass is 10.1. The molecule has 0 N–H and O–H groups in total. The van der Waals surface area contributed by atoms with Gasteiger partial charge in [-0.15, -0.1) is 0 Å². The van der Waals surface area contributed by atoms with Crippen LogP contribution in [0.1, 0.15) is 24.2 Å². The molecule has 1 aromatic heterocycles. The average Bonchev–Trinajstić information content (AvgIpc) is 3.39. The summed E-state index contributed by atoms with van der Waals surface area (Å²) >= 11 is 0. The molecule has 25 heavy (non-hydrogen) atoms. The first-order valence-corrected chi connectivity index (χ1v) is 8.71. The van der Waals surface area contributed by atoms with E-state index in [0.29, 0.717) is 44.3 Å². The zero-order valence-electron chi connectivity index (χ0n) is 14.4. The second-order valence-corrected chi connectivity index (χ2v) is 6.82. The Labute approximate surface area is 145 Å². The predicted octanol–water partition coefficient (Wildman–Crippen LogP) is 1.05. The summed E-state index contributed by atoms with van der Waals surface area (Å²) < 4.78 is 8.48. The van der Waals surface area contributed by atoms with Gasteiger partial charge in [-0.3, -0.25) is 9.36 Å². The minimum absolute atomic E-state index is 0.0400. The molecule has 1 fully saturated rings. The van der Waals surface area contributed by atoms with E-state index in [2.05, 4.69) is 5.10 Å². The fourth-order valence-corrected chi connectivity index (χ4v) is 3.24. The van der Waals surface area contributed by atoms with Crippen molar-refractivity contribution in [3.8, 4) is 5.75 Å². The van der Waals surface area contributed by atoms with Crippen molar-refractivity contribution in [2.24, 2.45) is 5.92 Å². The molecular formula is C18H22N4O3. The molecule has 1 aliphatic heterocycles. The van der Waals surface area contributed by atoms with Gasteiger partial charge >= 0.3 is 5.69 Å². The van der Waals surface area contributed by atoms with Gasteiger partial charge in [0.1, 0.15) is 5.75 Å². The van der Waals surface area contributed by atoms with Gasteiger partial charge in [0.2, 0.25) is 5.91 Å². The molecule has 132 valence electrons. The standard InChI is InChI=1S/C18H22N4O3/c1-25-15-4-2-3-14(9-15)10-17(23)20-7-8-21-16(12-20)19-22(18(21)24)11-13-5-6-13/h2-4,9,13H,5-8,10-12H2,1H3. The largest absolute Gasteiger partial charge is 0.497 e. The molecule has 7 nitrogen and oxygen atoms in total. The molecule has 1 aromatic carbocycles. The minimum atomic E-state index is -0.0400. The van der Waals surface area contributed by atoms with Crippen LogP contribution >= 0.6 is 0 Å². The molecule has 2 heterocycles. The van der Waals surface area contributed by atoms with Crippen molar-refractivity contribution in [3.63, 3.8) is 0 Å². The van der Waals surface area contributed by atoms with E-state index in [0.717, 1.165) is 11.3 Å². The zero-order valence-corrected chi connectivity index (χ0v) is 14.4. The van der Waals surface area contributed by atoms with Gasteiger partial charge in [-0.2, -0.15) is 5.10 Å². The van der Waals surface area contributed by atoms with Gasteiger partial charge in [-0.05, 0) is 36.5 Å². The number of nitrogens with zero attached hydrogens (tertiary/aromatic N) is 4. The zero-order chi connectivity index (χ0) is 17.4. The van der Waals surface area contributed by atoms with Crippen molar-refractivity contribution < 1.29 is 9.53 Å². The van der Waals surface area contributed by atoms with Crippen LogP contribution in [-0.2, 0) is 30.8 Å². The van der Waals surface area contributed by atoms with Crippen LogP contribution in [0.2, 0.25) is 0 Å². The molecule has 0 bridgehead atoms. The maximum Gasteiger partial charge on any atom is 0.346 e. The van der Waals surface area contributed by atoms with Crippen molar-refractivity contribution in [1.82, 2.24) is 19.2 Å². The third-order valence-electron chi connectivity index (χ3n) is 4.90. The van der Waals surface area contributed by atoms with Gasteiger partial charge in [0.25, 0.3) is 0 Å². The van der Waals surface area contributed by atoms with E-state index in [9.17, 15) is 9.59 Å². The molecule has 0 saturated heterocycles. The van der Waals surface area contributed by atoms with Crippen molar-refractivity contribution in [2.45, 2.75) is 38.9 Å². The van der Waals surface area contributed by atoms with Crippen LogP contribution in [0.4, 0.5) is 0 Å². The Bertz CT molecular complexity index is 850. The summed E-state index contributed by atoms with van der Waals surface area (Å²) in [6.45, 7) is 2.17. The highest BCUT2D eigenvalue weighted by atomic mass is 16.5. The highest BCUT2D eigenvalue weighted by molar-refractivity contribution is 5.78. The highest BCUT2D eigenvalue weighted by Gasteiger charge is 2.28. The molecule has 1 aliphatic carbocycles. The number of benzene rings is 1. The maximum atomic E-state index is 12.6. The number of ether oxygens (including phenoxy) is 1. The first-order chi connectivity index (χ1) is 12.1. The number of carbonyl (C=O) groups is 1. The first kappa shape index (κ1) is 15.9. The van der Waals surface area contributed by atoms with Gasteiger partial charge in [0, 0.05) is 19.6 Å². The Morgan fingerprint density at radius 1 is 1.32 bits per heavy atom. The molecule has 1 amide bonds. The van der Waals surface area contributed by atoms with Crippen LogP contribution < -0.4 is 10.4 Å². The molecule has 4 rings (SSSR count).